The van der Waals surface area contributed by atoms with Gasteiger partial charge in [-0.25, -0.2) is 4.39 Å². The number of halogens is 1. The van der Waals surface area contributed by atoms with E-state index < -0.39 is 0 Å². The summed E-state index contributed by atoms with van der Waals surface area (Å²) in [5, 5.41) is 12.3. The van der Waals surface area contributed by atoms with Crippen molar-refractivity contribution in [3.05, 3.63) is 29.6 Å². The molecule has 0 spiro atoms. The first-order valence-corrected chi connectivity index (χ1v) is 6.36. The Hall–Kier alpha value is -1.13. The predicted octanol–water partition coefficient (Wildman–Crippen LogP) is 2.00. The largest absolute Gasteiger partial charge is 0.395 e. The third-order valence-electron chi connectivity index (χ3n) is 2.76. The van der Waals surface area contributed by atoms with E-state index in [1.807, 2.05) is 6.07 Å². The van der Waals surface area contributed by atoms with Crippen LogP contribution in [0, 0.1) is 11.7 Å². The van der Waals surface area contributed by atoms with Crippen molar-refractivity contribution in [2.75, 3.05) is 31.6 Å². The van der Waals surface area contributed by atoms with Crippen LogP contribution >= 0.6 is 0 Å². The number of likely N-dealkylation sites (N-methyl/N-ethyl adjacent to an activating group) is 1. The van der Waals surface area contributed by atoms with Gasteiger partial charge in [-0.3, -0.25) is 0 Å². The molecule has 0 unspecified atom stereocenters. The Morgan fingerprint density at radius 1 is 1.39 bits per heavy atom. The van der Waals surface area contributed by atoms with Crippen LogP contribution in [0.5, 0.6) is 0 Å². The van der Waals surface area contributed by atoms with Crippen LogP contribution < -0.4 is 10.2 Å². The summed E-state index contributed by atoms with van der Waals surface area (Å²) in [6, 6.07) is 5.09. The van der Waals surface area contributed by atoms with Crippen molar-refractivity contribution >= 4 is 5.69 Å². The van der Waals surface area contributed by atoms with Gasteiger partial charge in [0, 0.05) is 20.1 Å². The topological polar surface area (TPSA) is 35.5 Å². The standard InChI is InChI=1S/C14H23FN2O/c1-11(2)9-16-10-12-5-4-6-13(15)14(12)17(3)7-8-18/h4-6,11,16,18H,7-10H2,1-3H3. The first-order chi connectivity index (χ1) is 8.56. The van der Waals surface area contributed by atoms with Crippen molar-refractivity contribution in [1.82, 2.24) is 5.32 Å². The van der Waals surface area contributed by atoms with Gasteiger partial charge < -0.3 is 15.3 Å². The summed E-state index contributed by atoms with van der Waals surface area (Å²) in [4.78, 5) is 1.75. The molecule has 0 heterocycles. The van der Waals surface area contributed by atoms with Gasteiger partial charge in [-0.1, -0.05) is 26.0 Å². The van der Waals surface area contributed by atoms with Gasteiger partial charge in [0.1, 0.15) is 5.82 Å². The number of nitrogens with one attached hydrogen (secondary N) is 1. The number of para-hydroxylation sites is 1. The summed E-state index contributed by atoms with van der Waals surface area (Å²) >= 11 is 0. The van der Waals surface area contributed by atoms with Gasteiger partial charge in [-0.15, -0.1) is 0 Å². The molecule has 102 valence electrons. The summed E-state index contributed by atoms with van der Waals surface area (Å²) in [7, 11) is 1.79. The molecule has 0 aromatic heterocycles. The summed E-state index contributed by atoms with van der Waals surface area (Å²) < 4.78 is 13.9. The van der Waals surface area contributed by atoms with Crippen molar-refractivity contribution in [2.45, 2.75) is 20.4 Å². The number of benzene rings is 1. The number of nitrogens with zero attached hydrogens (tertiary/aromatic N) is 1. The van der Waals surface area contributed by atoms with Gasteiger partial charge in [-0.05, 0) is 24.1 Å². The molecular formula is C14H23FN2O. The van der Waals surface area contributed by atoms with Crippen molar-refractivity contribution in [2.24, 2.45) is 5.92 Å². The zero-order valence-electron chi connectivity index (χ0n) is 11.4. The Morgan fingerprint density at radius 2 is 2.11 bits per heavy atom. The lowest BCUT2D eigenvalue weighted by molar-refractivity contribution is 0.303. The van der Waals surface area contributed by atoms with E-state index in [1.165, 1.54) is 6.07 Å². The summed E-state index contributed by atoms with van der Waals surface area (Å²) in [6.45, 7) is 6.26. The highest BCUT2D eigenvalue weighted by molar-refractivity contribution is 5.54. The van der Waals surface area contributed by atoms with Crippen LogP contribution in [0.1, 0.15) is 19.4 Å². The number of anilines is 1. The Kier molecular flexibility index (Phi) is 6.09. The fraction of sp³-hybridized carbons (Fsp3) is 0.571. The quantitative estimate of drug-likeness (QED) is 0.781. The minimum atomic E-state index is -0.241. The summed E-state index contributed by atoms with van der Waals surface area (Å²) in [6.07, 6.45) is 0. The first-order valence-electron chi connectivity index (χ1n) is 6.36. The molecule has 0 amide bonds. The van der Waals surface area contributed by atoms with Gasteiger partial charge in [0.15, 0.2) is 0 Å². The first kappa shape index (κ1) is 14.9. The predicted molar refractivity (Wildman–Crippen MR) is 73.3 cm³/mol. The molecule has 1 aromatic rings. The number of aliphatic hydroxyl groups is 1. The van der Waals surface area contributed by atoms with Crippen LogP contribution in [0.2, 0.25) is 0 Å². The lowest BCUT2D eigenvalue weighted by Gasteiger charge is -2.22. The minimum absolute atomic E-state index is 0.0176. The lowest BCUT2D eigenvalue weighted by Crippen LogP contribution is -2.26. The second kappa shape index (κ2) is 7.34. The molecule has 0 aliphatic heterocycles. The maximum Gasteiger partial charge on any atom is 0.146 e. The zero-order chi connectivity index (χ0) is 13.5. The summed E-state index contributed by atoms with van der Waals surface area (Å²) in [5.41, 5.74) is 1.49. The van der Waals surface area contributed by atoms with Crippen LogP contribution in [0.4, 0.5) is 10.1 Å². The van der Waals surface area contributed by atoms with E-state index in [2.05, 4.69) is 19.2 Å². The Bertz CT molecular complexity index is 369. The van der Waals surface area contributed by atoms with Crippen molar-refractivity contribution in [3.8, 4) is 0 Å². The zero-order valence-corrected chi connectivity index (χ0v) is 11.4. The van der Waals surface area contributed by atoms with Crippen LogP contribution in [0.3, 0.4) is 0 Å². The van der Waals surface area contributed by atoms with E-state index in [0.29, 0.717) is 24.7 Å². The van der Waals surface area contributed by atoms with Crippen molar-refractivity contribution < 1.29 is 9.50 Å². The second-order valence-corrected chi connectivity index (χ2v) is 4.92. The third-order valence-corrected chi connectivity index (χ3v) is 2.76. The average molecular weight is 254 g/mol. The number of rotatable bonds is 7. The average Bonchev–Trinajstić information content (AvgIpc) is 2.28. The fourth-order valence-corrected chi connectivity index (χ4v) is 1.89. The Morgan fingerprint density at radius 3 is 2.72 bits per heavy atom. The minimum Gasteiger partial charge on any atom is -0.395 e. The van der Waals surface area contributed by atoms with E-state index in [-0.39, 0.29) is 12.4 Å². The molecule has 0 saturated heterocycles. The van der Waals surface area contributed by atoms with E-state index in [9.17, 15) is 4.39 Å². The highest BCUT2D eigenvalue weighted by Crippen LogP contribution is 2.23. The fourth-order valence-electron chi connectivity index (χ4n) is 1.89. The van der Waals surface area contributed by atoms with Gasteiger partial charge >= 0.3 is 0 Å². The third kappa shape index (κ3) is 4.27. The van der Waals surface area contributed by atoms with Gasteiger partial charge in [-0.2, -0.15) is 0 Å². The molecule has 4 heteroatoms. The molecule has 0 aliphatic rings. The SMILES string of the molecule is CC(C)CNCc1cccc(F)c1N(C)CCO. The second-order valence-electron chi connectivity index (χ2n) is 4.92. The van der Waals surface area contributed by atoms with Crippen LogP contribution in [0.25, 0.3) is 0 Å². The van der Waals surface area contributed by atoms with E-state index in [0.717, 1.165) is 12.1 Å². The maximum atomic E-state index is 13.9. The highest BCUT2D eigenvalue weighted by Gasteiger charge is 2.12. The van der Waals surface area contributed by atoms with E-state index in [4.69, 9.17) is 5.11 Å². The molecule has 1 aromatic carbocycles. The lowest BCUT2D eigenvalue weighted by atomic mass is 10.1. The molecule has 0 saturated carbocycles. The number of aliphatic hydroxyl groups excluding tert-OH is 1. The number of hydrogen-bond acceptors (Lipinski definition) is 3. The molecule has 0 fully saturated rings. The molecule has 1 rings (SSSR count). The summed E-state index contributed by atoms with van der Waals surface area (Å²) in [5.74, 6) is 0.326. The molecular weight excluding hydrogens is 231 g/mol. The smallest absolute Gasteiger partial charge is 0.146 e. The molecule has 0 bridgehead atoms. The van der Waals surface area contributed by atoms with Crippen LogP contribution in [-0.4, -0.2) is 31.9 Å². The van der Waals surface area contributed by atoms with Gasteiger partial charge in [0.2, 0.25) is 0 Å². The number of hydrogen-bond donors (Lipinski definition) is 2. The normalized spacial score (nSPS) is 11.0. The maximum absolute atomic E-state index is 13.9. The molecule has 0 atom stereocenters. The highest BCUT2D eigenvalue weighted by atomic mass is 19.1. The molecule has 3 nitrogen and oxygen atoms in total. The monoisotopic (exact) mass is 254 g/mol. The van der Waals surface area contributed by atoms with Gasteiger partial charge in [0.25, 0.3) is 0 Å². The van der Waals surface area contributed by atoms with Crippen LogP contribution in [-0.2, 0) is 6.54 Å². The van der Waals surface area contributed by atoms with Crippen molar-refractivity contribution in [1.29, 1.82) is 0 Å². The molecule has 0 radical (unpaired) electrons. The Labute approximate surface area is 109 Å². The Balaban J connectivity index is 2.79. The van der Waals surface area contributed by atoms with Crippen LogP contribution in [0.15, 0.2) is 18.2 Å². The van der Waals surface area contributed by atoms with E-state index >= 15 is 0 Å². The van der Waals surface area contributed by atoms with Gasteiger partial charge in [0.05, 0.1) is 12.3 Å². The molecule has 2 N–H and O–H groups in total. The molecule has 18 heavy (non-hydrogen) atoms. The van der Waals surface area contributed by atoms with E-state index in [1.54, 1.807) is 18.0 Å². The molecule has 0 aliphatic carbocycles. The van der Waals surface area contributed by atoms with Crippen molar-refractivity contribution in [3.63, 3.8) is 0 Å².